The highest BCUT2D eigenvalue weighted by Crippen LogP contribution is 2.08. The second-order valence-corrected chi connectivity index (χ2v) is 3.83. The number of Topliss-reactive ketones (excluding diaryl/α,β-unsaturated/α-hetero) is 2. The van der Waals surface area contributed by atoms with Crippen LogP contribution in [0.1, 0.15) is 51.4 Å². The van der Waals surface area contributed by atoms with Gasteiger partial charge in [0, 0.05) is 25.7 Å². The SMILES string of the molecule is O=C1CC/C=C\CCCCC(=O)CC1. The number of hydrogen-bond acceptors (Lipinski definition) is 2. The van der Waals surface area contributed by atoms with E-state index in [-0.39, 0.29) is 11.6 Å². The number of allylic oxidation sites excluding steroid dienone is 2. The monoisotopic (exact) mass is 194 g/mol. The Bertz CT molecular complexity index is 228. The minimum Gasteiger partial charge on any atom is -0.300 e. The van der Waals surface area contributed by atoms with E-state index in [4.69, 9.17) is 0 Å². The molecule has 0 fully saturated rings. The molecule has 1 aliphatic rings. The smallest absolute Gasteiger partial charge is 0.133 e. The summed E-state index contributed by atoms with van der Waals surface area (Å²) in [4.78, 5) is 22.5. The minimum atomic E-state index is 0.226. The normalized spacial score (nSPS) is 23.7. The lowest BCUT2D eigenvalue weighted by molar-refractivity contribution is -0.124. The molecule has 2 nitrogen and oxygen atoms in total. The molecule has 0 heterocycles. The molecule has 0 N–H and O–H groups in total. The largest absolute Gasteiger partial charge is 0.300 e. The van der Waals surface area contributed by atoms with E-state index in [9.17, 15) is 9.59 Å². The zero-order chi connectivity index (χ0) is 10.2. The van der Waals surface area contributed by atoms with Crippen LogP contribution in [0.25, 0.3) is 0 Å². The molecule has 0 saturated heterocycles. The molecular formula is C12H18O2. The molecule has 0 bridgehead atoms. The van der Waals surface area contributed by atoms with E-state index in [1.165, 1.54) is 0 Å². The van der Waals surface area contributed by atoms with E-state index >= 15 is 0 Å². The van der Waals surface area contributed by atoms with E-state index < -0.39 is 0 Å². The van der Waals surface area contributed by atoms with Crippen LogP contribution in [0.3, 0.4) is 0 Å². The Morgan fingerprint density at radius 2 is 1.36 bits per heavy atom. The van der Waals surface area contributed by atoms with Crippen molar-refractivity contribution in [3.05, 3.63) is 12.2 Å². The average Bonchev–Trinajstić information content (AvgIpc) is 2.17. The van der Waals surface area contributed by atoms with Crippen molar-refractivity contribution in [1.29, 1.82) is 0 Å². The molecule has 0 aromatic heterocycles. The van der Waals surface area contributed by atoms with Gasteiger partial charge in [0.15, 0.2) is 0 Å². The van der Waals surface area contributed by atoms with Gasteiger partial charge >= 0.3 is 0 Å². The average molecular weight is 194 g/mol. The molecule has 78 valence electrons. The summed E-state index contributed by atoms with van der Waals surface area (Å²) < 4.78 is 0. The fourth-order valence-corrected chi connectivity index (χ4v) is 1.59. The van der Waals surface area contributed by atoms with Crippen LogP contribution in [-0.4, -0.2) is 11.6 Å². The fourth-order valence-electron chi connectivity index (χ4n) is 1.59. The Hall–Kier alpha value is -0.920. The summed E-state index contributed by atoms with van der Waals surface area (Å²) in [6.45, 7) is 0. The molecule has 0 radical (unpaired) electrons. The van der Waals surface area contributed by atoms with Crippen molar-refractivity contribution in [2.45, 2.75) is 51.4 Å². The van der Waals surface area contributed by atoms with Gasteiger partial charge in [0.05, 0.1) is 0 Å². The number of rotatable bonds is 0. The summed E-state index contributed by atoms with van der Waals surface area (Å²) in [5, 5.41) is 0. The maximum absolute atomic E-state index is 11.3. The molecule has 0 atom stereocenters. The lowest BCUT2D eigenvalue weighted by atomic mass is 10.0. The number of ketones is 2. The first-order chi connectivity index (χ1) is 6.79. The molecular weight excluding hydrogens is 176 g/mol. The molecule has 0 unspecified atom stereocenters. The summed E-state index contributed by atoms with van der Waals surface area (Å²) in [6, 6.07) is 0. The first kappa shape index (κ1) is 11.2. The zero-order valence-corrected chi connectivity index (χ0v) is 8.63. The van der Waals surface area contributed by atoms with Crippen molar-refractivity contribution in [3.8, 4) is 0 Å². The Balaban J connectivity index is 2.38. The highest BCUT2D eigenvalue weighted by molar-refractivity contribution is 5.85. The van der Waals surface area contributed by atoms with Crippen LogP contribution < -0.4 is 0 Å². The molecule has 0 amide bonds. The molecule has 0 saturated carbocycles. The molecule has 0 aromatic rings. The third kappa shape index (κ3) is 4.95. The number of hydrogen-bond donors (Lipinski definition) is 0. The summed E-state index contributed by atoms with van der Waals surface area (Å²) in [5.41, 5.74) is 0. The summed E-state index contributed by atoms with van der Waals surface area (Å²) >= 11 is 0. The Morgan fingerprint density at radius 3 is 2.14 bits per heavy atom. The maximum atomic E-state index is 11.3. The molecule has 2 heteroatoms. The quantitative estimate of drug-likeness (QED) is 0.556. The van der Waals surface area contributed by atoms with Crippen LogP contribution >= 0.6 is 0 Å². The first-order valence-corrected chi connectivity index (χ1v) is 5.47. The van der Waals surface area contributed by atoms with E-state index in [1.807, 2.05) is 0 Å². The van der Waals surface area contributed by atoms with Crippen molar-refractivity contribution in [2.75, 3.05) is 0 Å². The van der Waals surface area contributed by atoms with Crippen LogP contribution in [0, 0.1) is 0 Å². The molecule has 0 spiro atoms. The number of carbonyl (C=O) groups is 2. The van der Waals surface area contributed by atoms with Crippen LogP contribution in [-0.2, 0) is 9.59 Å². The summed E-state index contributed by atoms with van der Waals surface area (Å²) in [6.07, 6.45) is 10.3. The first-order valence-electron chi connectivity index (χ1n) is 5.47. The lowest BCUT2D eigenvalue weighted by Gasteiger charge is -2.02. The van der Waals surface area contributed by atoms with E-state index in [1.54, 1.807) is 0 Å². The molecule has 14 heavy (non-hydrogen) atoms. The van der Waals surface area contributed by atoms with Crippen LogP contribution in [0.5, 0.6) is 0 Å². The second-order valence-electron chi connectivity index (χ2n) is 3.83. The van der Waals surface area contributed by atoms with Crippen molar-refractivity contribution < 1.29 is 9.59 Å². The van der Waals surface area contributed by atoms with Gasteiger partial charge in [-0.25, -0.2) is 0 Å². The van der Waals surface area contributed by atoms with Gasteiger partial charge < -0.3 is 0 Å². The maximum Gasteiger partial charge on any atom is 0.133 e. The summed E-state index contributed by atoms with van der Waals surface area (Å²) in [7, 11) is 0. The highest BCUT2D eigenvalue weighted by atomic mass is 16.1. The van der Waals surface area contributed by atoms with E-state index in [0.29, 0.717) is 25.7 Å². The topological polar surface area (TPSA) is 34.1 Å². The van der Waals surface area contributed by atoms with Gasteiger partial charge in [-0.2, -0.15) is 0 Å². The van der Waals surface area contributed by atoms with Gasteiger partial charge in [-0.3, -0.25) is 9.59 Å². The van der Waals surface area contributed by atoms with E-state index in [2.05, 4.69) is 12.2 Å². The Kier molecular flexibility index (Phi) is 5.20. The van der Waals surface area contributed by atoms with Gasteiger partial charge in [-0.05, 0) is 25.7 Å². The van der Waals surface area contributed by atoms with Crippen LogP contribution in [0.4, 0.5) is 0 Å². The predicted molar refractivity (Wildman–Crippen MR) is 56.1 cm³/mol. The van der Waals surface area contributed by atoms with E-state index in [0.717, 1.165) is 25.7 Å². The van der Waals surface area contributed by atoms with Crippen LogP contribution in [0.15, 0.2) is 12.2 Å². The minimum absolute atomic E-state index is 0.226. The number of carbonyl (C=O) groups excluding carboxylic acids is 2. The molecule has 1 aliphatic carbocycles. The summed E-state index contributed by atoms with van der Waals surface area (Å²) in [5.74, 6) is 0.478. The van der Waals surface area contributed by atoms with Gasteiger partial charge in [0.25, 0.3) is 0 Å². The Morgan fingerprint density at radius 1 is 0.714 bits per heavy atom. The van der Waals surface area contributed by atoms with Crippen molar-refractivity contribution in [2.24, 2.45) is 0 Å². The van der Waals surface area contributed by atoms with Gasteiger partial charge in [-0.15, -0.1) is 0 Å². The molecule has 0 aliphatic heterocycles. The van der Waals surface area contributed by atoms with Crippen molar-refractivity contribution >= 4 is 11.6 Å². The highest BCUT2D eigenvalue weighted by Gasteiger charge is 2.06. The fraction of sp³-hybridized carbons (Fsp3) is 0.667. The standard InChI is InChI=1S/C12H18O2/c13-11-7-5-3-1-2-4-6-8-12(14)10-9-11/h1,3H,2,4-10H2/b3-1-. The van der Waals surface area contributed by atoms with Gasteiger partial charge in [0.2, 0.25) is 0 Å². The van der Waals surface area contributed by atoms with Gasteiger partial charge in [-0.1, -0.05) is 12.2 Å². The molecule has 0 aromatic carbocycles. The third-order valence-electron chi connectivity index (χ3n) is 2.52. The second kappa shape index (κ2) is 6.52. The predicted octanol–water partition coefficient (Wildman–Crippen LogP) is 2.82. The molecule has 1 rings (SSSR count). The van der Waals surface area contributed by atoms with Crippen LogP contribution in [0.2, 0.25) is 0 Å². The van der Waals surface area contributed by atoms with Crippen molar-refractivity contribution in [1.82, 2.24) is 0 Å². The van der Waals surface area contributed by atoms with Gasteiger partial charge in [0.1, 0.15) is 11.6 Å². The third-order valence-corrected chi connectivity index (χ3v) is 2.52. The Labute approximate surface area is 85.4 Å². The lowest BCUT2D eigenvalue weighted by Crippen LogP contribution is -2.04. The zero-order valence-electron chi connectivity index (χ0n) is 8.63. The van der Waals surface area contributed by atoms with Crippen molar-refractivity contribution in [3.63, 3.8) is 0 Å².